The lowest BCUT2D eigenvalue weighted by molar-refractivity contribution is -0.136. The average molecular weight is 378 g/mol. The summed E-state index contributed by atoms with van der Waals surface area (Å²) >= 11 is 0. The standard InChI is InChI=1S/C20H21F3N2O2/c1-19(2,3)9-10-25-18(13-8-7-12(26)11-16(13)27)14-5-4-6-15(17(14)24-25)20(21,22)23/h4-8,11,26-27H,9-10H2,1-3H3. The van der Waals surface area contributed by atoms with Crippen molar-refractivity contribution in [3.63, 3.8) is 0 Å². The summed E-state index contributed by atoms with van der Waals surface area (Å²) in [6.07, 6.45) is -3.84. The largest absolute Gasteiger partial charge is 0.508 e. The molecule has 4 nitrogen and oxygen atoms in total. The molecule has 2 aromatic carbocycles. The molecule has 0 atom stereocenters. The van der Waals surface area contributed by atoms with Crippen LogP contribution in [0.25, 0.3) is 22.2 Å². The number of alkyl halides is 3. The Hall–Kier alpha value is -2.70. The lowest BCUT2D eigenvalue weighted by Gasteiger charge is -2.19. The van der Waals surface area contributed by atoms with E-state index in [0.717, 1.165) is 12.1 Å². The molecular weight excluding hydrogens is 357 g/mol. The molecule has 0 aliphatic carbocycles. The van der Waals surface area contributed by atoms with Gasteiger partial charge in [0.25, 0.3) is 0 Å². The van der Waals surface area contributed by atoms with Crippen LogP contribution < -0.4 is 0 Å². The van der Waals surface area contributed by atoms with Crippen LogP contribution in [0.1, 0.15) is 32.8 Å². The molecule has 0 unspecified atom stereocenters. The third kappa shape index (κ3) is 3.86. The molecule has 0 saturated carbocycles. The van der Waals surface area contributed by atoms with Gasteiger partial charge in [0.2, 0.25) is 0 Å². The van der Waals surface area contributed by atoms with Crippen LogP contribution in [0.4, 0.5) is 13.2 Å². The Balaban J connectivity index is 2.28. The van der Waals surface area contributed by atoms with E-state index in [9.17, 15) is 23.4 Å². The number of fused-ring (bicyclic) bond motifs is 1. The molecule has 0 amide bonds. The molecule has 0 aliphatic rings. The van der Waals surface area contributed by atoms with E-state index in [0.29, 0.717) is 29.6 Å². The maximum absolute atomic E-state index is 13.4. The first-order valence-corrected chi connectivity index (χ1v) is 8.56. The number of nitrogens with zero attached hydrogens (tertiary/aromatic N) is 2. The van der Waals surface area contributed by atoms with Crippen molar-refractivity contribution in [1.82, 2.24) is 9.78 Å². The van der Waals surface area contributed by atoms with Crippen LogP contribution in [-0.4, -0.2) is 20.0 Å². The minimum absolute atomic E-state index is 0.0424. The highest BCUT2D eigenvalue weighted by Gasteiger charge is 2.34. The third-order valence-corrected chi connectivity index (χ3v) is 4.39. The molecule has 144 valence electrons. The second-order valence-corrected chi connectivity index (χ2v) is 7.78. The predicted molar refractivity (Wildman–Crippen MR) is 97.6 cm³/mol. The summed E-state index contributed by atoms with van der Waals surface area (Å²) in [4.78, 5) is 0. The SMILES string of the molecule is CC(C)(C)CCn1nc2c(C(F)(F)F)cccc2c1-c1ccc(O)cc1O. The molecule has 0 saturated heterocycles. The van der Waals surface area contributed by atoms with Crippen molar-refractivity contribution in [3.05, 3.63) is 42.0 Å². The monoisotopic (exact) mass is 378 g/mol. The quantitative estimate of drug-likeness (QED) is 0.626. The molecule has 0 bridgehead atoms. The number of rotatable bonds is 3. The second-order valence-electron chi connectivity index (χ2n) is 7.78. The average Bonchev–Trinajstić information content (AvgIpc) is 2.89. The summed E-state index contributed by atoms with van der Waals surface area (Å²) in [5, 5.41) is 24.4. The molecule has 1 aromatic heterocycles. The minimum Gasteiger partial charge on any atom is -0.508 e. The number of aromatic nitrogens is 2. The maximum atomic E-state index is 13.4. The number of aryl methyl sites for hydroxylation is 1. The van der Waals surface area contributed by atoms with Crippen LogP contribution in [0.15, 0.2) is 36.4 Å². The number of hydrogen-bond acceptors (Lipinski definition) is 3. The van der Waals surface area contributed by atoms with Crippen LogP contribution in [0, 0.1) is 5.41 Å². The van der Waals surface area contributed by atoms with Gasteiger partial charge in [0, 0.05) is 23.6 Å². The molecule has 0 aliphatic heterocycles. The highest BCUT2D eigenvalue weighted by Crippen LogP contribution is 2.41. The molecule has 3 rings (SSSR count). The van der Waals surface area contributed by atoms with Crippen molar-refractivity contribution < 1.29 is 23.4 Å². The fraction of sp³-hybridized carbons (Fsp3) is 0.350. The Kier molecular flexibility index (Phi) is 4.57. The van der Waals surface area contributed by atoms with Crippen molar-refractivity contribution in [2.45, 2.75) is 39.9 Å². The van der Waals surface area contributed by atoms with Gasteiger partial charge in [0.15, 0.2) is 0 Å². The van der Waals surface area contributed by atoms with Gasteiger partial charge in [-0.1, -0.05) is 32.9 Å². The molecule has 3 aromatic rings. The molecular formula is C20H21F3N2O2. The number of phenolic OH excluding ortho intramolecular Hbond substituents is 2. The van der Waals surface area contributed by atoms with Crippen molar-refractivity contribution in [3.8, 4) is 22.8 Å². The number of phenols is 2. The van der Waals surface area contributed by atoms with Gasteiger partial charge in [-0.15, -0.1) is 0 Å². The molecule has 2 N–H and O–H groups in total. The van der Waals surface area contributed by atoms with Crippen LogP contribution in [-0.2, 0) is 12.7 Å². The van der Waals surface area contributed by atoms with E-state index >= 15 is 0 Å². The normalized spacial score (nSPS) is 12.7. The first kappa shape index (κ1) is 19.1. The summed E-state index contributed by atoms with van der Waals surface area (Å²) in [5.41, 5.74) is -0.281. The van der Waals surface area contributed by atoms with E-state index in [1.807, 2.05) is 20.8 Å². The lowest BCUT2D eigenvalue weighted by Crippen LogP contribution is -2.12. The van der Waals surface area contributed by atoms with E-state index in [1.165, 1.54) is 22.9 Å². The molecule has 0 radical (unpaired) electrons. The van der Waals surface area contributed by atoms with E-state index < -0.39 is 11.7 Å². The van der Waals surface area contributed by atoms with E-state index in [-0.39, 0.29) is 22.4 Å². The van der Waals surface area contributed by atoms with E-state index in [1.54, 1.807) is 6.07 Å². The number of halogens is 3. The Bertz CT molecular complexity index is 985. The Morgan fingerprint density at radius 3 is 2.33 bits per heavy atom. The topological polar surface area (TPSA) is 58.3 Å². The third-order valence-electron chi connectivity index (χ3n) is 4.39. The van der Waals surface area contributed by atoms with Crippen LogP contribution in [0.3, 0.4) is 0 Å². The fourth-order valence-corrected chi connectivity index (χ4v) is 2.99. The summed E-state index contributed by atoms with van der Waals surface area (Å²) < 4.78 is 41.8. The minimum atomic E-state index is -4.53. The molecule has 1 heterocycles. The predicted octanol–water partition coefficient (Wildman–Crippen LogP) is 5.57. The van der Waals surface area contributed by atoms with Crippen LogP contribution in [0.5, 0.6) is 11.5 Å². The number of hydrogen-bond donors (Lipinski definition) is 2. The number of aromatic hydroxyl groups is 2. The van der Waals surface area contributed by atoms with Crippen molar-refractivity contribution >= 4 is 10.9 Å². The molecule has 0 fully saturated rings. The first-order valence-electron chi connectivity index (χ1n) is 8.56. The summed E-state index contributed by atoms with van der Waals surface area (Å²) in [5.74, 6) is -0.344. The van der Waals surface area contributed by atoms with Crippen LogP contribution >= 0.6 is 0 Å². The zero-order valence-corrected chi connectivity index (χ0v) is 15.3. The lowest BCUT2D eigenvalue weighted by atomic mass is 9.92. The zero-order valence-electron chi connectivity index (χ0n) is 15.3. The Morgan fingerprint density at radius 1 is 1.04 bits per heavy atom. The van der Waals surface area contributed by atoms with Gasteiger partial charge in [-0.25, -0.2) is 0 Å². The highest BCUT2D eigenvalue weighted by molar-refractivity contribution is 5.96. The van der Waals surface area contributed by atoms with Gasteiger partial charge < -0.3 is 10.2 Å². The summed E-state index contributed by atoms with van der Waals surface area (Å²) in [6, 6.07) is 7.93. The number of benzene rings is 2. The van der Waals surface area contributed by atoms with Gasteiger partial charge in [-0.05, 0) is 30.0 Å². The van der Waals surface area contributed by atoms with Crippen molar-refractivity contribution in [1.29, 1.82) is 0 Å². The maximum Gasteiger partial charge on any atom is 0.418 e. The van der Waals surface area contributed by atoms with Gasteiger partial charge in [0.1, 0.15) is 17.0 Å². The first-order chi connectivity index (χ1) is 12.5. The zero-order chi connectivity index (χ0) is 20.0. The van der Waals surface area contributed by atoms with Crippen molar-refractivity contribution in [2.24, 2.45) is 5.41 Å². The molecule has 7 heteroatoms. The fourth-order valence-electron chi connectivity index (χ4n) is 2.99. The molecule has 0 spiro atoms. The summed E-state index contributed by atoms with van der Waals surface area (Å²) in [6.45, 7) is 6.50. The smallest absolute Gasteiger partial charge is 0.418 e. The Labute approximate surface area is 154 Å². The second kappa shape index (κ2) is 6.48. The summed E-state index contributed by atoms with van der Waals surface area (Å²) in [7, 11) is 0. The Morgan fingerprint density at radius 2 is 1.74 bits per heavy atom. The van der Waals surface area contributed by atoms with Gasteiger partial charge >= 0.3 is 6.18 Å². The van der Waals surface area contributed by atoms with Gasteiger partial charge in [0.05, 0.1) is 11.3 Å². The van der Waals surface area contributed by atoms with Crippen LogP contribution in [0.2, 0.25) is 0 Å². The van der Waals surface area contributed by atoms with Gasteiger partial charge in [-0.3, -0.25) is 4.68 Å². The van der Waals surface area contributed by atoms with E-state index in [4.69, 9.17) is 0 Å². The molecule has 27 heavy (non-hydrogen) atoms. The van der Waals surface area contributed by atoms with Crippen molar-refractivity contribution in [2.75, 3.05) is 0 Å². The van der Waals surface area contributed by atoms with Gasteiger partial charge in [-0.2, -0.15) is 18.3 Å². The highest BCUT2D eigenvalue weighted by atomic mass is 19.4. The van der Waals surface area contributed by atoms with E-state index in [2.05, 4.69) is 5.10 Å².